The largest absolute Gasteiger partial charge is 0.490 e. The fourth-order valence-electron chi connectivity index (χ4n) is 2.56. The van der Waals surface area contributed by atoms with E-state index in [1.807, 2.05) is 34.6 Å². The highest BCUT2D eigenvalue weighted by Crippen LogP contribution is 2.28. The number of ether oxygens (including phenoxy) is 3. The van der Waals surface area contributed by atoms with Crippen molar-refractivity contribution in [1.29, 1.82) is 0 Å². The van der Waals surface area contributed by atoms with Gasteiger partial charge < -0.3 is 24.4 Å². The van der Waals surface area contributed by atoms with Gasteiger partial charge in [-0.15, -0.1) is 0 Å². The van der Waals surface area contributed by atoms with Crippen molar-refractivity contribution in [1.82, 2.24) is 10.2 Å². The maximum Gasteiger partial charge on any atom is 0.306 e. The Hall–Kier alpha value is -2.77. The molecule has 0 atom stereocenters. The van der Waals surface area contributed by atoms with Gasteiger partial charge in [0.1, 0.15) is 5.60 Å². The van der Waals surface area contributed by atoms with Crippen LogP contribution in [0, 0.1) is 0 Å². The summed E-state index contributed by atoms with van der Waals surface area (Å²) in [5, 5.41) is 2.61. The normalized spacial score (nSPS) is 10.9. The van der Waals surface area contributed by atoms with Gasteiger partial charge in [-0.25, -0.2) is 0 Å². The van der Waals surface area contributed by atoms with Gasteiger partial charge in [0.15, 0.2) is 11.5 Å². The molecule has 1 aromatic carbocycles. The number of benzene rings is 1. The number of nitrogens with zero attached hydrogens (tertiary/aromatic N) is 1. The summed E-state index contributed by atoms with van der Waals surface area (Å²) >= 11 is 0. The van der Waals surface area contributed by atoms with Gasteiger partial charge in [0, 0.05) is 25.6 Å². The second kappa shape index (κ2) is 12.0. The quantitative estimate of drug-likeness (QED) is 0.551. The molecule has 0 fully saturated rings. The highest BCUT2D eigenvalue weighted by atomic mass is 16.6. The van der Waals surface area contributed by atoms with Crippen LogP contribution in [0.1, 0.15) is 57.8 Å². The van der Waals surface area contributed by atoms with Crippen LogP contribution in [0.4, 0.5) is 0 Å². The van der Waals surface area contributed by atoms with Crippen LogP contribution in [-0.4, -0.2) is 61.6 Å². The van der Waals surface area contributed by atoms with Gasteiger partial charge >= 0.3 is 5.97 Å². The monoisotopic (exact) mass is 422 g/mol. The van der Waals surface area contributed by atoms with Crippen LogP contribution in [0.5, 0.6) is 11.5 Å². The average Bonchev–Trinajstić information content (AvgIpc) is 2.66. The van der Waals surface area contributed by atoms with E-state index in [0.717, 1.165) is 0 Å². The third-order valence-electron chi connectivity index (χ3n) is 3.93. The zero-order chi connectivity index (χ0) is 22.7. The molecule has 8 heteroatoms. The third kappa shape index (κ3) is 9.15. The maximum absolute atomic E-state index is 12.4. The average molecular weight is 423 g/mol. The van der Waals surface area contributed by atoms with Crippen molar-refractivity contribution in [2.75, 3.05) is 33.4 Å². The maximum atomic E-state index is 12.4. The molecule has 0 spiro atoms. The molecule has 0 bridgehead atoms. The Morgan fingerprint density at radius 2 is 1.67 bits per heavy atom. The highest BCUT2D eigenvalue weighted by Gasteiger charge is 2.17. The van der Waals surface area contributed by atoms with Gasteiger partial charge in [0.05, 0.1) is 19.8 Å². The molecule has 1 rings (SSSR count). The Morgan fingerprint density at radius 3 is 2.27 bits per heavy atom. The Morgan fingerprint density at radius 1 is 1.03 bits per heavy atom. The van der Waals surface area contributed by atoms with E-state index in [2.05, 4.69) is 5.32 Å². The van der Waals surface area contributed by atoms with Crippen LogP contribution >= 0.6 is 0 Å². The second-order valence-corrected chi connectivity index (χ2v) is 7.72. The number of amides is 2. The molecule has 0 aliphatic rings. The molecule has 0 heterocycles. The Balaban J connectivity index is 2.50. The molecule has 1 aromatic rings. The zero-order valence-electron chi connectivity index (χ0n) is 18.9. The lowest BCUT2D eigenvalue weighted by Crippen LogP contribution is -2.38. The van der Waals surface area contributed by atoms with Gasteiger partial charge in [0.25, 0.3) is 5.91 Å². The molecule has 0 aliphatic carbocycles. The standard InChI is InChI=1S/C22H34N2O6/c1-7-28-17-12-11-16(14-18(17)29-8-2)21(27)23-15-19(25)24(6)13-9-10-20(26)30-22(3,4)5/h11-12,14H,7-10,13,15H2,1-6H3,(H,23,27). The van der Waals surface area contributed by atoms with Crippen molar-refractivity contribution >= 4 is 17.8 Å². The SMILES string of the molecule is CCOc1ccc(C(=O)NCC(=O)N(C)CCCC(=O)OC(C)(C)C)cc1OCC. The predicted molar refractivity (Wildman–Crippen MR) is 114 cm³/mol. The third-order valence-corrected chi connectivity index (χ3v) is 3.93. The molecule has 8 nitrogen and oxygen atoms in total. The van der Waals surface area contributed by atoms with Gasteiger partial charge in [-0.2, -0.15) is 0 Å². The van der Waals surface area contributed by atoms with Crippen molar-refractivity contribution in [2.24, 2.45) is 0 Å². The van der Waals surface area contributed by atoms with Crippen LogP contribution < -0.4 is 14.8 Å². The van der Waals surface area contributed by atoms with Crippen molar-refractivity contribution in [3.05, 3.63) is 23.8 Å². The van der Waals surface area contributed by atoms with Crippen molar-refractivity contribution in [3.8, 4) is 11.5 Å². The smallest absolute Gasteiger partial charge is 0.306 e. The number of hydrogen-bond donors (Lipinski definition) is 1. The molecule has 1 N–H and O–H groups in total. The second-order valence-electron chi connectivity index (χ2n) is 7.72. The summed E-state index contributed by atoms with van der Waals surface area (Å²) in [4.78, 5) is 37.8. The lowest BCUT2D eigenvalue weighted by molar-refractivity contribution is -0.155. The predicted octanol–water partition coefficient (Wildman–Crippen LogP) is 2.79. The van der Waals surface area contributed by atoms with Crippen LogP contribution in [-0.2, 0) is 14.3 Å². The Kier molecular flexibility index (Phi) is 10.1. The van der Waals surface area contributed by atoms with E-state index < -0.39 is 5.60 Å². The fourth-order valence-corrected chi connectivity index (χ4v) is 2.56. The van der Waals surface area contributed by atoms with E-state index in [1.54, 1.807) is 25.2 Å². The zero-order valence-corrected chi connectivity index (χ0v) is 18.9. The molecule has 2 amide bonds. The van der Waals surface area contributed by atoms with E-state index in [0.29, 0.717) is 43.2 Å². The molecule has 0 aromatic heterocycles. The lowest BCUT2D eigenvalue weighted by Gasteiger charge is -2.20. The van der Waals surface area contributed by atoms with Crippen LogP contribution in [0.25, 0.3) is 0 Å². The number of likely N-dealkylation sites (N-methyl/N-ethyl adjacent to an activating group) is 1. The van der Waals surface area contributed by atoms with Crippen molar-refractivity contribution < 1.29 is 28.6 Å². The first kappa shape index (κ1) is 25.3. The molecule has 168 valence electrons. The van der Waals surface area contributed by atoms with E-state index in [-0.39, 0.29) is 30.7 Å². The van der Waals surface area contributed by atoms with Crippen LogP contribution in [0.3, 0.4) is 0 Å². The minimum absolute atomic E-state index is 0.140. The highest BCUT2D eigenvalue weighted by molar-refractivity contribution is 5.97. The van der Waals surface area contributed by atoms with E-state index in [9.17, 15) is 14.4 Å². The summed E-state index contributed by atoms with van der Waals surface area (Å²) in [6, 6.07) is 4.89. The van der Waals surface area contributed by atoms with Gasteiger partial charge in [-0.3, -0.25) is 14.4 Å². The minimum Gasteiger partial charge on any atom is -0.490 e. The first-order chi connectivity index (χ1) is 14.1. The van der Waals surface area contributed by atoms with Crippen molar-refractivity contribution in [2.45, 2.75) is 53.1 Å². The summed E-state index contributed by atoms with van der Waals surface area (Å²) < 4.78 is 16.2. The van der Waals surface area contributed by atoms with Gasteiger partial charge in [0.2, 0.25) is 5.91 Å². The number of nitrogens with one attached hydrogen (secondary N) is 1. The first-order valence-corrected chi connectivity index (χ1v) is 10.2. The molecular weight excluding hydrogens is 388 g/mol. The molecule has 30 heavy (non-hydrogen) atoms. The summed E-state index contributed by atoms with van der Waals surface area (Å²) in [6.45, 7) is 10.3. The minimum atomic E-state index is -0.522. The lowest BCUT2D eigenvalue weighted by atomic mass is 10.2. The molecular formula is C22H34N2O6. The molecule has 0 aliphatic heterocycles. The molecule has 0 unspecified atom stereocenters. The number of carbonyl (C=O) groups is 3. The van der Waals surface area contributed by atoms with E-state index >= 15 is 0 Å². The summed E-state index contributed by atoms with van der Waals surface area (Å²) in [6.07, 6.45) is 0.718. The number of rotatable bonds is 11. The van der Waals surface area contributed by atoms with Crippen LogP contribution in [0.2, 0.25) is 0 Å². The van der Waals surface area contributed by atoms with Gasteiger partial charge in [-0.05, 0) is 59.2 Å². The summed E-state index contributed by atoms with van der Waals surface area (Å²) in [7, 11) is 1.63. The summed E-state index contributed by atoms with van der Waals surface area (Å²) in [5.41, 5.74) is -0.145. The van der Waals surface area contributed by atoms with E-state index in [1.165, 1.54) is 4.90 Å². The van der Waals surface area contributed by atoms with E-state index in [4.69, 9.17) is 14.2 Å². The number of hydrogen-bond acceptors (Lipinski definition) is 6. The molecule has 0 saturated heterocycles. The first-order valence-electron chi connectivity index (χ1n) is 10.2. The van der Waals surface area contributed by atoms with Crippen molar-refractivity contribution in [3.63, 3.8) is 0 Å². The molecule has 0 saturated carbocycles. The molecule has 0 radical (unpaired) electrons. The summed E-state index contributed by atoms with van der Waals surface area (Å²) in [5.74, 6) is 0.129. The van der Waals surface area contributed by atoms with Crippen LogP contribution in [0.15, 0.2) is 18.2 Å². The Labute approximate surface area is 178 Å². The Bertz CT molecular complexity index is 727. The number of esters is 1. The fraction of sp³-hybridized carbons (Fsp3) is 0.591. The van der Waals surface area contributed by atoms with Gasteiger partial charge in [-0.1, -0.05) is 0 Å². The topological polar surface area (TPSA) is 94.2 Å². The number of carbonyl (C=O) groups excluding carboxylic acids is 3.